The van der Waals surface area contributed by atoms with E-state index in [0.717, 1.165) is 11.4 Å². The molecule has 1 atom stereocenters. The van der Waals surface area contributed by atoms with E-state index in [4.69, 9.17) is 11.6 Å². The van der Waals surface area contributed by atoms with Crippen molar-refractivity contribution in [2.75, 3.05) is 0 Å². The average molecular weight is 219 g/mol. The van der Waals surface area contributed by atoms with Gasteiger partial charge in [-0.05, 0) is 30.5 Å². The Kier molecular flexibility index (Phi) is 2.03. The van der Waals surface area contributed by atoms with Crippen molar-refractivity contribution < 1.29 is 0 Å². The van der Waals surface area contributed by atoms with Crippen LogP contribution < -0.4 is 0 Å². The third kappa shape index (κ3) is 1.45. The second-order valence-electron chi connectivity index (χ2n) is 3.95. The lowest BCUT2D eigenvalue weighted by Crippen LogP contribution is -1.94. The molecular formula is C12H11ClN2. The van der Waals surface area contributed by atoms with Crippen molar-refractivity contribution in [2.45, 2.75) is 18.8 Å². The van der Waals surface area contributed by atoms with Crippen molar-refractivity contribution in [3.8, 4) is 0 Å². The standard InChI is InChI=1S/C12H11ClN2/c13-9-3-1-8(2-4-9)10-5-6-12-11(10)7-14-15-12/h1-4,7,10H,5-6H2,(H,14,15). The highest BCUT2D eigenvalue weighted by Crippen LogP contribution is 2.36. The third-order valence-electron chi connectivity index (χ3n) is 3.08. The van der Waals surface area contributed by atoms with E-state index in [0.29, 0.717) is 5.92 Å². The zero-order valence-electron chi connectivity index (χ0n) is 8.20. The van der Waals surface area contributed by atoms with Crippen molar-refractivity contribution in [1.29, 1.82) is 0 Å². The number of hydrogen-bond donors (Lipinski definition) is 1. The summed E-state index contributed by atoms with van der Waals surface area (Å²) in [6, 6.07) is 8.12. The van der Waals surface area contributed by atoms with Gasteiger partial charge in [-0.15, -0.1) is 0 Å². The smallest absolute Gasteiger partial charge is 0.0528 e. The van der Waals surface area contributed by atoms with E-state index in [1.54, 1.807) is 0 Å². The predicted octanol–water partition coefficient (Wildman–Crippen LogP) is 3.14. The van der Waals surface area contributed by atoms with Crippen molar-refractivity contribution >= 4 is 11.6 Å². The first-order chi connectivity index (χ1) is 7.34. The minimum Gasteiger partial charge on any atom is -0.282 e. The van der Waals surface area contributed by atoms with Crippen LogP contribution in [0.25, 0.3) is 0 Å². The fraction of sp³-hybridized carbons (Fsp3) is 0.250. The Labute approximate surface area is 93.3 Å². The molecule has 2 nitrogen and oxygen atoms in total. The van der Waals surface area contributed by atoms with Crippen LogP contribution in [0.5, 0.6) is 0 Å². The summed E-state index contributed by atoms with van der Waals surface area (Å²) in [5.41, 5.74) is 3.96. The fourth-order valence-corrected chi connectivity index (χ4v) is 2.43. The normalized spacial score (nSPS) is 19.1. The topological polar surface area (TPSA) is 28.7 Å². The minimum atomic E-state index is 0.496. The molecule has 0 saturated carbocycles. The molecule has 1 unspecified atom stereocenters. The number of hydrogen-bond acceptors (Lipinski definition) is 1. The van der Waals surface area contributed by atoms with Gasteiger partial charge in [-0.3, -0.25) is 5.10 Å². The van der Waals surface area contributed by atoms with Crippen molar-refractivity contribution in [2.24, 2.45) is 0 Å². The Hall–Kier alpha value is -1.28. The fourth-order valence-electron chi connectivity index (χ4n) is 2.31. The monoisotopic (exact) mass is 218 g/mol. The van der Waals surface area contributed by atoms with Crippen LogP contribution in [0.2, 0.25) is 5.02 Å². The van der Waals surface area contributed by atoms with Crippen molar-refractivity contribution in [1.82, 2.24) is 10.2 Å². The quantitative estimate of drug-likeness (QED) is 0.783. The van der Waals surface area contributed by atoms with Gasteiger partial charge < -0.3 is 0 Å². The molecule has 1 aliphatic rings. The Morgan fingerprint density at radius 1 is 1.27 bits per heavy atom. The average Bonchev–Trinajstić information content (AvgIpc) is 2.80. The zero-order chi connectivity index (χ0) is 10.3. The second-order valence-corrected chi connectivity index (χ2v) is 4.38. The van der Waals surface area contributed by atoms with Gasteiger partial charge in [0.15, 0.2) is 0 Å². The van der Waals surface area contributed by atoms with Gasteiger partial charge in [0.25, 0.3) is 0 Å². The lowest BCUT2D eigenvalue weighted by atomic mass is 9.95. The number of aromatic amines is 1. The van der Waals surface area contributed by atoms with Gasteiger partial charge in [0.05, 0.1) is 6.20 Å². The molecule has 0 amide bonds. The first-order valence-corrected chi connectivity index (χ1v) is 5.50. The summed E-state index contributed by atoms with van der Waals surface area (Å²) in [6.07, 6.45) is 4.22. The number of aryl methyl sites for hydroxylation is 1. The Bertz CT molecular complexity index is 473. The van der Waals surface area contributed by atoms with E-state index < -0.39 is 0 Å². The number of fused-ring (bicyclic) bond motifs is 1. The molecule has 3 heteroatoms. The summed E-state index contributed by atoms with van der Waals surface area (Å²) in [6.45, 7) is 0. The maximum absolute atomic E-state index is 5.88. The van der Waals surface area contributed by atoms with Crippen LogP contribution in [-0.2, 0) is 6.42 Å². The lowest BCUT2D eigenvalue weighted by molar-refractivity contribution is 0.770. The van der Waals surface area contributed by atoms with E-state index in [2.05, 4.69) is 22.3 Å². The molecule has 76 valence electrons. The first kappa shape index (κ1) is 8.98. The number of nitrogens with one attached hydrogen (secondary N) is 1. The van der Waals surface area contributed by atoms with Gasteiger partial charge in [-0.1, -0.05) is 23.7 Å². The Morgan fingerprint density at radius 2 is 2.07 bits per heavy atom. The minimum absolute atomic E-state index is 0.496. The molecule has 0 bridgehead atoms. The SMILES string of the molecule is Clc1ccc(C2CCc3[nH]ncc32)cc1. The van der Waals surface area contributed by atoms with Crippen LogP contribution in [0.15, 0.2) is 30.5 Å². The lowest BCUT2D eigenvalue weighted by Gasteiger charge is -2.09. The number of halogens is 1. The summed E-state index contributed by atoms with van der Waals surface area (Å²) in [7, 11) is 0. The van der Waals surface area contributed by atoms with Gasteiger partial charge >= 0.3 is 0 Å². The van der Waals surface area contributed by atoms with Crippen LogP contribution in [0.1, 0.15) is 29.2 Å². The first-order valence-electron chi connectivity index (χ1n) is 5.12. The van der Waals surface area contributed by atoms with Crippen LogP contribution in [0.3, 0.4) is 0 Å². The van der Waals surface area contributed by atoms with E-state index in [9.17, 15) is 0 Å². The second kappa shape index (κ2) is 3.38. The van der Waals surface area contributed by atoms with E-state index in [1.165, 1.54) is 23.2 Å². The number of H-pyrrole nitrogens is 1. The summed E-state index contributed by atoms with van der Waals surface area (Å²) in [5.74, 6) is 0.496. The molecule has 0 aliphatic heterocycles. The van der Waals surface area contributed by atoms with Crippen molar-refractivity contribution in [3.05, 3.63) is 52.3 Å². The number of benzene rings is 1. The summed E-state index contributed by atoms with van der Waals surface area (Å²) < 4.78 is 0. The molecular weight excluding hydrogens is 208 g/mol. The molecule has 1 aromatic carbocycles. The van der Waals surface area contributed by atoms with Crippen LogP contribution in [0.4, 0.5) is 0 Å². The van der Waals surface area contributed by atoms with Gasteiger partial charge in [-0.2, -0.15) is 5.10 Å². The maximum Gasteiger partial charge on any atom is 0.0528 e. The molecule has 0 radical (unpaired) electrons. The molecule has 1 aliphatic carbocycles. The highest BCUT2D eigenvalue weighted by molar-refractivity contribution is 6.30. The van der Waals surface area contributed by atoms with Crippen molar-refractivity contribution in [3.63, 3.8) is 0 Å². The van der Waals surface area contributed by atoms with Crippen LogP contribution >= 0.6 is 11.6 Å². The molecule has 1 heterocycles. The summed E-state index contributed by atoms with van der Waals surface area (Å²) in [5, 5.41) is 7.93. The molecule has 0 spiro atoms. The Morgan fingerprint density at radius 3 is 2.87 bits per heavy atom. The Balaban J connectivity index is 2.00. The number of aromatic nitrogens is 2. The van der Waals surface area contributed by atoms with Gasteiger partial charge in [0.1, 0.15) is 0 Å². The highest BCUT2D eigenvalue weighted by Gasteiger charge is 2.25. The highest BCUT2D eigenvalue weighted by atomic mass is 35.5. The summed E-state index contributed by atoms with van der Waals surface area (Å²) in [4.78, 5) is 0. The van der Waals surface area contributed by atoms with E-state index >= 15 is 0 Å². The van der Waals surface area contributed by atoms with Gasteiger partial charge in [-0.25, -0.2) is 0 Å². The molecule has 0 fully saturated rings. The molecule has 2 aromatic rings. The molecule has 1 aromatic heterocycles. The molecule has 1 N–H and O–H groups in total. The largest absolute Gasteiger partial charge is 0.282 e. The predicted molar refractivity (Wildman–Crippen MR) is 60.2 cm³/mol. The zero-order valence-corrected chi connectivity index (χ0v) is 8.96. The molecule has 3 rings (SSSR count). The number of rotatable bonds is 1. The summed E-state index contributed by atoms with van der Waals surface area (Å²) >= 11 is 5.88. The van der Waals surface area contributed by atoms with Gasteiger partial charge in [0.2, 0.25) is 0 Å². The van der Waals surface area contributed by atoms with Crippen LogP contribution in [0, 0.1) is 0 Å². The number of nitrogens with zero attached hydrogens (tertiary/aromatic N) is 1. The molecule has 15 heavy (non-hydrogen) atoms. The maximum atomic E-state index is 5.88. The van der Waals surface area contributed by atoms with Crippen LogP contribution in [-0.4, -0.2) is 10.2 Å². The molecule has 0 saturated heterocycles. The van der Waals surface area contributed by atoms with E-state index in [1.807, 2.05) is 18.3 Å². The van der Waals surface area contributed by atoms with Gasteiger partial charge in [0, 0.05) is 22.2 Å². The third-order valence-corrected chi connectivity index (χ3v) is 3.33. The van der Waals surface area contributed by atoms with E-state index in [-0.39, 0.29) is 0 Å².